The molecule has 0 heterocycles. The van der Waals surface area contributed by atoms with Gasteiger partial charge in [-0.25, -0.2) is 4.39 Å². The molecule has 0 aromatic rings. The van der Waals surface area contributed by atoms with Crippen molar-refractivity contribution in [2.75, 3.05) is 5.75 Å². The van der Waals surface area contributed by atoms with Crippen LogP contribution in [0.25, 0.3) is 0 Å². The Balaban J connectivity index is 4.09. The summed E-state index contributed by atoms with van der Waals surface area (Å²) < 4.78 is 18.4. The van der Waals surface area contributed by atoms with Crippen LogP contribution in [0.15, 0.2) is 0 Å². The minimum Gasteiger partial charge on any atom is -0.462 e. The van der Waals surface area contributed by atoms with Crippen molar-refractivity contribution >= 4 is 17.7 Å². The van der Waals surface area contributed by atoms with Crippen molar-refractivity contribution in [1.82, 2.24) is 0 Å². The number of carbonyl (C=O) groups excluding carboxylic acids is 1. The van der Waals surface area contributed by atoms with Crippen molar-refractivity contribution in [3.8, 4) is 0 Å². The van der Waals surface area contributed by atoms with Crippen molar-refractivity contribution < 1.29 is 13.9 Å². The molecular weight excluding hydrogens is 263 g/mol. The minimum absolute atomic E-state index is 0.0712. The lowest BCUT2D eigenvalue weighted by atomic mass is 10.1. The van der Waals surface area contributed by atoms with E-state index in [0.29, 0.717) is 18.8 Å². The fraction of sp³-hybridized carbons (Fsp3) is 0.933. The van der Waals surface area contributed by atoms with Crippen LogP contribution in [0.5, 0.6) is 0 Å². The number of hydrogen-bond donors (Lipinski definition) is 0. The van der Waals surface area contributed by atoms with Crippen LogP contribution < -0.4 is 0 Å². The first-order valence-electron chi connectivity index (χ1n) is 7.32. The van der Waals surface area contributed by atoms with Gasteiger partial charge in [-0.05, 0) is 51.2 Å². The zero-order valence-corrected chi connectivity index (χ0v) is 13.8. The summed E-state index contributed by atoms with van der Waals surface area (Å²) in [7, 11) is 0. The zero-order chi connectivity index (χ0) is 14.8. The quantitative estimate of drug-likeness (QED) is 0.434. The van der Waals surface area contributed by atoms with Crippen LogP contribution in [0.2, 0.25) is 0 Å². The molecule has 0 saturated heterocycles. The SMILES string of the molecule is CCC(F)CCCSC(CC(C)C)C(=O)OC(C)C. The number of alkyl halides is 1. The van der Waals surface area contributed by atoms with Crippen LogP contribution in [0, 0.1) is 5.92 Å². The molecule has 2 unspecified atom stereocenters. The smallest absolute Gasteiger partial charge is 0.319 e. The molecule has 0 aliphatic carbocycles. The van der Waals surface area contributed by atoms with Crippen LogP contribution in [0.3, 0.4) is 0 Å². The lowest BCUT2D eigenvalue weighted by Gasteiger charge is -2.19. The van der Waals surface area contributed by atoms with Gasteiger partial charge in [0.1, 0.15) is 5.25 Å². The number of thioether (sulfide) groups is 1. The lowest BCUT2D eigenvalue weighted by Crippen LogP contribution is -2.25. The first-order chi connectivity index (χ1) is 8.86. The summed E-state index contributed by atoms with van der Waals surface area (Å²) in [6.45, 7) is 9.79. The topological polar surface area (TPSA) is 26.3 Å². The number of ether oxygens (including phenoxy) is 1. The van der Waals surface area contributed by atoms with E-state index in [2.05, 4.69) is 13.8 Å². The molecule has 0 aliphatic rings. The zero-order valence-electron chi connectivity index (χ0n) is 12.9. The van der Waals surface area contributed by atoms with Crippen LogP contribution in [0.1, 0.15) is 60.3 Å². The molecule has 0 aromatic heterocycles. The van der Waals surface area contributed by atoms with Crippen LogP contribution in [-0.2, 0) is 9.53 Å². The Hall–Kier alpha value is -0.250. The van der Waals surface area contributed by atoms with Crippen molar-refractivity contribution in [2.45, 2.75) is 77.8 Å². The Morgan fingerprint density at radius 3 is 2.37 bits per heavy atom. The van der Waals surface area contributed by atoms with Gasteiger partial charge in [-0.1, -0.05) is 20.8 Å². The minimum atomic E-state index is -0.702. The van der Waals surface area contributed by atoms with E-state index < -0.39 is 6.17 Å². The average molecular weight is 292 g/mol. The van der Waals surface area contributed by atoms with Crippen molar-refractivity contribution in [3.05, 3.63) is 0 Å². The first kappa shape index (κ1) is 18.8. The second kappa shape index (κ2) is 10.5. The van der Waals surface area contributed by atoms with Gasteiger partial charge in [-0.2, -0.15) is 0 Å². The maximum Gasteiger partial charge on any atom is 0.319 e. The largest absolute Gasteiger partial charge is 0.462 e. The lowest BCUT2D eigenvalue weighted by molar-refractivity contribution is -0.147. The third-order valence-corrected chi connectivity index (χ3v) is 4.04. The molecule has 2 nitrogen and oxygen atoms in total. The predicted molar refractivity (Wildman–Crippen MR) is 81.4 cm³/mol. The Morgan fingerprint density at radius 1 is 1.26 bits per heavy atom. The van der Waals surface area contributed by atoms with Gasteiger partial charge in [0.15, 0.2) is 0 Å². The van der Waals surface area contributed by atoms with Crippen molar-refractivity contribution in [1.29, 1.82) is 0 Å². The van der Waals surface area contributed by atoms with Crippen molar-refractivity contribution in [2.24, 2.45) is 5.92 Å². The molecule has 0 fully saturated rings. The van der Waals surface area contributed by atoms with E-state index in [-0.39, 0.29) is 17.3 Å². The van der Waals surface area contributed by atoms with E-state index in [1.54, 1.807) is 11.8 Å². The second-order valence-electron chi connectivity index (χ2n) is 5.62. The summed E-state index contributed by atoms with van der Waals surface area (Å²) in [5, 5.41) is -0.109. The average Bonchev–Trinajstić information content (AvgIpc) is 2.31. The number of esters is 1. The molecule has 2 atom stereocenters. The van der Waals surface area contributed by atoms with E-state index in [1.165, 1.54) is 0 Å². The van der Waals surface area contributed by atoms with E-state index in [9.17, 15) is 9.18 Å². The van der Waals surface area contributed by atoms with Gasteiger partial charge in [0, 0.05) is 0 Å². The third-order valence-electron chi connectivity index (χ3n) is 2.72. The maximum absolute atomic E-state index is 13.1. The summed E-state index contributed by atoms with van der Waals surface area (Å²) in [4.78, 5) is 12.0. The van der Waals surface area contributed by atoms with Crippen LogP contribution in [0.4, 0.5) is 4.39 Å². The van der Waals surface area contributed by atoms with Gasteiger partial charge in [0.25, 0.3) is 0 Å². The first-order valence-corrected chi connectivity index (χ1v) is 8.37. The van der Waals surface area contributed by atoms with E-state index in [1.807, 2.05) is 20.8 Å². The van der Waals surface area contributed by atoms with Crippen molar-refractivity contribution in [3.63, 3.8) is 0 Å². The predicted octanol–water partition coefficient (Wildman–Crippen LogP) is 4.61. The monoisotopic (exact) mass is 292 g/mol. The highest BCUT2D eigenvalue weighted by atomic mass is 32.2. The van der Waals surface area contributed by atoms with Crippen LogP contribution >= 0.6 is 11.8 Å². The molecule has 0 N–H and O–H groups in total. The highest BCUT2D eigenvalue weighted by Crippen LogP contribution is 2.23. The van der Waals surface area contributed by atoms with Gasteiger partial charge < -0.3 is 4.74 Å². The third kappa shape index (κ3) is 10.2. The number of hydrogen-bond acceptors (Lipinski definition) is 3. The second-order valence-corrected chi connectivity index (χ2v) is 6.93. The fourth-order valence-corrected chi connectivity index (χ4v) is 3.03. The van der Waals surface area contributed by atoms with E-state index >= 15 is 0 Å². The van der Waals surface area contributed by atoms with E-state index in [4.69, 9.17) is 4.74 Å². The van der Waals surface area contributed by atoms with Gasteiger partial charge >= 0.3 is 5.97 Å². The summed E-state index contributed by atoms with van der Waals surface area (Å²) >= 11 is 1.61. The summed E-state index contributed by atoms with van der Waals surface area (Å²) in [6.07, 6.45) is 2.05. The Kier molecular flexibility index (Phi) is 10.4. The van der Waals surface area contributed by atoms with Crippen LogP contribution in [-0.4, -0.2) is 29.2 Å². The fourth-order valence-electron chi connectivity index (χ4n) is 1.70. The summed E-state index contributed by atoms with van der Waals surface area (Å²) in [5.74, 6) is 1.16. The molecule has 19 heavy (non-hydrogen) atoms. The number of carbonyl (C=O) groups is 1. The molecular formula is C15H29FO2S. The van der Waals surface area contributed by atoms with Gasteiger partial charge in [-0.3, -0.25) is 4.79 Å². The number of rotatable bonds is 10. The molecule has 4 heteroatoms. The van der Waals surface area contributed by atoms with Gasteiger partial charge in [0.05, 0.1) is 12.3 Å². The number of halogens is 1. The molecule has 0 saturated carbocycles. The molecule has 0 aliphatic heterocycles. The highest BCUT2D eigenvalue weighted by molar-refractivity contribution is 8.00. The summed E-state index contributed by atoms with van der Waals surface area (Å²) in [5.41, 5.74) is 0. The molecule has 0 rings (SSSR count). The Labute approximate surface area is 121 Å². The maximum atomic E-state index is 13.1. The Bertz CT molecular complexity index is 244. The van der Waals surface area contributed by atoms with E-state index in [0.717, 1.165) is 18.6 Å². The highest BCUT2D eigenvalue weighted by Gasteiger charge is 2.22. The van der Waals surface area contributed by atoms with Gasteiger partial charge in [0.2, 0.25) is 0 Å². The summed E-state index contributed by atoms with van der Waals surface area (Å²) in [6, 6.07) is 0. The molecule has 0 spiro atoms. The molecule has 0 radical (unpaired) electrons. The normalized spacial score (nSPS) is 14.7. The Morgan fingerprint density at radius 2 is 1.89 bits per heavy atom. The molecule has 114 valence electrons. The molecule has 0 bridgehead atoms. The van der Waals surface area contributed by atoms with Gasteiger partial charge in [-0.15, -0.1) is 11.8 Å². The standard InChI is InChI=1S/C15H29FO2S/c1-6-13(16)8-7-9-19-14(10-11(2)3)15(17)18-12(4)5/h11-14H,6-10H2,1-5H3. The molecule has 0 amide bonds. The molecule has 0 aromatic carbocycles.